The molecule has 0 aliphatic heterocycles. The first-order valence-corrected chi connectivity index (χ1v) is 17.8. The van der Waals surface area contributed by atoms with Gasteiger partial charge >= 0.3 is 0 Å². The van der Waals surface area contributed by atoms with Crippen molar-refractivity contribution in [2.24, 2.45) is 0 Å². The molecule has 0 atom stereocenters. The summed E-state index contributed by atoms with van der Waals surface area (Å²) in [6.07, 6.45) is 0. The van der Waals surface area contributed by atoms with Crippen molar-refractivity contribution in [2.75, 3.05) is 0 Å². The Bertz CT molecular complexity index is 2660. The third kappa shape index (κ3) is 4.41. The van der Waals surface area contributed by atoms with Gasteiger partial charge in [0.05, 0.1) is 16.8 Å². The minimum Gasteiger partial charge on any atom is -0.228 e. The second-order valence-electron chi connectivity index (χ2n) is 12.9. The number of thiophene rings is 1. The van der Waals surface area contributed by atoms with Gasteiger partial charge in [-0.3, -0.25) is 0 Å². The molecule has 0 radical (unpaired) electrons. The highest BCUT2D eigenvalue weighted by Gasteiger charge is 2.46. The van der Waals surface area contributed by atoms with E-state index in [0.29, 0.717) is 0 Å². The van der Waals surface area contributed by atoms with Crippen LogP contribution in [0, 0.1) is 0 Å². The highest BCUT2D eigenvalue weighted by atomic mass is 32.1. The average molecular weight is 655 g/mol. The lowest BCUT2D eigenvalue weighted by Gasteiger charge is -2.34. The molecule has 0 spiro atoms. The SMILES string of the molecule is c1ccc(-c2nc(-c3ccc4c(c3)C(c3ccccc3)(c3ccccc3)c3ccccc3-4)cc(-c3ccc4sc5ccccc5c4c3)n2)cc1. The van der Waals surface area contributed by atoms with Crippen molar-refractivity contribution in [3.05, 3.63) is 204 Å². The average Bonchev–Trinajstić information content (AvgIpc) is 3.72. The van der Waals surface area contributed by atoms with E-state index in [1.54, 1.807) is 0 Å². The molecule has 2 aromatic heterocycles. The molecule has 9 aromatic rings. The number of fused-ring (bicyclic) bond motifs is 6. The van der Waals surface area contributed by atoms with Gasteiger partial charge in [0.1, 0.15) is 0 Å². The fourth-order valence-electron chi connectivity index (χ4n) is 7.95. The molecule has 234 valence electrons. The van der Waals surface area contributed by atoms with Crippen LogP contribution in [0.5, 0.6) is 0 Å². The van der Waals surface area contributed by atoms with Crippen LogP contribution in [0.1, 0.15) is 22.3 Å². The molecular weight excluding hydrogens is 625 g/mol. The van der Waals surface area contributed by atoms with E-state index in [1.165, 1.54) is 53.6 Å². The van der Waals surface area contributed by atoms with Crippen LogP contribution in [-0.2, 0) is 5.41 Å². The van der Waals surface area contributed by atoms with Crippen LogP contribution in [0.2, 0.25) is 0 Å². The lowest BCUT2D eigenvalue weighted by Crippen LogP contribution is -2.28. The molecule has 0 amide bonds. The summed E-state index contributed by atoms with van der Waals surface area (Å²) in [7, 11) is 0. The van der Waals surface area contributed by atoms with E-state index < -0.39 is 5.41 Å². The number of benzene rings is 7. The second-order valence-corrected chi connectivity index (χ2v) is 14.0. The summed E-state index contributed by atoms with van der Waals surface area (Å²) in [5, 5.41) is 2.54. The predicted molar refractivity (Wildman–Crippen MR) is 209 cm³/mol. The smallest absolute Gasteiger partial charge is 0.160 e. The molecule has 0 unspecified atom stereocenters. The minimum atomic E-state index is -0.479. The number of aromatic nitrogens is 2. The van der Waals surface area contributed by atoms with Gasteiger partial charge in [0, 0.05) is 36.9 Å². The van der Waals surface area contributed by atoms with E-state index in [0.717, 1.165) is 33.9 Å². The zero-order chi connectivity index (χ0) is 33.1. The molecular formula is C47H30N2S. The van der Waals surface area contributed by atoms with Crippen molar-refractivity contribution in [3.8, 4) is 45.0 Å². The van der Waals surface area contributed by atoms with Gasteiger partial charge in [-0.05, 0) is 63.7 Å². The first-order valence-electron chi connectivity index (χ1n) is 17.0. The summed E-state index contributed by atoms with van der Waals surface area (Å²) < 4.78 is 2.58. The highest BCUT2D eigenvalue weighted by Crippen LogP contribution is 2.56. The third-order valence-electron chi connectivity index (χ3n) is 10.2. The number of hydrogen-bond acceptors (Lipinski definition) is 3. The Labute approximate surface area is 295 Å². The Morgan fingerprint density at radius 1 is 0.380 bits per heavy atom. The van der Waals surface area contributed by atoms with Crippen LogP contribution < -0.4 is 0 Å². The standard InChI is InChI=1S/C47H30N2S/c1-4-14-31(15-5-1)46-48-42(32-25-27-45-39(28-32)38-21-11-13-23-44(38)50-45)30-43(49-46)33-24-26-37-36-20-10-12-22-40(36)47(41(37)29-33,34-16-6-2-7-17-34)35-18-8-3-9-19-35/h1-30H. The van der Waals surface area contributed by atoms with Crippen LogP contribution in [0.4, 0.5) is 0 Å². The van der Waals surface area contributed by atoms with Gasteiger partial charge < -0.3 is 0 Å². The first-order chi connectivity index (χ1) is 24.8. The quantitative estimate of drug-likeness (QED) is 0.185. The van der Waals surface area contributed by atoms with Gasteiger partial charge in [-0.15, -0.1) is 11.3 Å². The van der Waals surface area contributed by atoms with Gasteiger partial charge in [0.2, 0.25) is 0 Å². The topological polar surface area (TPSA) is 25.8 Å². The Kier molecular flexibility index (Phi) is 6.61. The molecule has 2 nitrogen and oxygen atoms in total. The number of nitrogens with zero attached hydrogens (tertiary/aromatic N) is 2. The molecule has 1 aliphatic rings. The normalized spacial score (nSPS) is 13.0. The third-order valence-corrected chi connectivity index (χ3v) is 11.3. The maximum absolute atomic E-state index is 5.26. The molecule has 10 rings (SSSR count). The Morgan fingerprint density at radius 3 is 1.68 bits per heavy atom. The van der Waals surface area contributed by atoms with Gasteiger partial charge in [0.15, 0.2) is 5.82 Å². The summed E-state index contributed by atoms with van der Waals surface area (Å²) >= 11 is 1.84. The van der Waals surface area contributed by atoms with Crippen LogP contribution in [0.3, 0.4) is 0 Å². The lowest BCUT2D eigenvalue weighted by molar-refractivity contribution is 0.768. The van der Waals surface area contributed by atoms with Gasteiger partial charge in [-0.2, -0.15) is 0 Å². The maximum atomic E-state index is 5.26. The van der Waals surface area contributed by atoms with Crippen molar-refractivity contribution >= 4 is 31.5 Å². The van der Waals surface area contributed by atoms with E-state index in [2.05, 4.69) is 176 Å². The number of hydrogen-bond donors (Lipinski definition) is 0. The van der Waals surface area contributed by atoms with E-state index in [-0.39, 0.29) is 0 Å². The van der Waals surface area contributed by atoms with E-state index in [1.807, 2.05) is 17.4 Å². The largest absolute Gasteiger partial charge is 0.228 e. The van der Waals surface area contributed by atoms with Crippen molar-refractivity contribution in [1.82, 2.24) is 9.97 Å². The van der Waals surface area contributed by atoms with Gasteiger partial charge in [0.25, 0.3) is 0 Å². The van der Waals surface area contributed by atoms with Crippen molar-refractivity contribution in [1.29, 1.82) is 0 Å². The zero-order valence-electron chi connectivity index (χ0n) is 27.1. The van der Waals surface area contributed by atoms with E-state index in [9.17, 15) is 0 Å². The Balaban J connectivity index is 1.22. The summed E-state index contributed by atoms with van der Waals surface area (Å²) in [6, 6.07) is 65.6. The van der Waals surface area contributed by atoms with Gasteiger partial charge in [-0.25, -0.2) is 9.97 Å². The lowest BCUT2D eigenvalue weighted by atomic mass is 9.67. The molecule has 2 heterocycles. The fourth-order valence-corrected chi connectivity index (χ4v) is 9.03. The van der Waals surface area contributed by atoms with Crippen molar-refractivity contribution in [2.45, 2.75) is 5.41 Å². The molecule has 0 N–H and O–H groups in total. The molecule has 1 aliphatic carbocycles. The van der Waals surface area contributed by atoms with Gasteiger partial charge in [-0.1, -0.05) is 152 Å². The molecule has 0 fully saturated rings. The van der Waals surface area contributed by atoms with Crippen LogP contribution in [0.15, 0.2) is 182 Å². The summed E-state index contributed by atoms with van der Waals surface area (Å²) in [6.45, 7) is 0. The maximum Gasteiger partial charge on any atom is 0.160 e. The van der Waals surface area contributed by atoms with Crippen LogP contribution in [-0.4, -0.2) is 9.97 Å². The first kappa shape index (κ1) is 28.8. The van der Waals surface area contributed by atoms with Crippen LogP contribution >= 0.6 is 11.3 Å². The van der Waals surface area contributed by atoms with Crippen molar-refractivity contribution < 1.29 is 0 Å². The molecule has 0 saturated carbocycles. The number of rotatable bonds is 5. The predicted octanol–water partition coefficient (Wildman–Crippen LogP) is 12.2. The highest BCUT2D eigenvalue weighted by molar-refractivity contribution is 7.25. The van der Waals surface area contributed by atoms with E-state index >= 15 is 0 Å². The minimum absolute atomic E-state index is 0.479. The summed E-state index contributed by atoms with van der Waals surface area (Å²) in [5.41, 5.74) is 12.1. The molecule has 3 heteroatoms. The van der Waals surface area contributed by atoms with E-state index in [4.69, 9.17) is 9.97 Å². The summed E-state index contributed by atoms with van der Waals surface area (Å²) in [5.74, 6) is 0.717. The Morgan fingerprint density at radius 2 is 0.940 bits per heavy atom. The van der Waals surface area contributed by atoms with Crippen LogP contribution in [0.25, 0.3) is 65.2 Å². The second kappa shape index (κ2) is 11.5. The molecule has 0 saturated heterocycles. The van der Waals surface area contributed by atoms with Crippen molar-refractivity contribution in [3.63, 3.8) is 0 Å². The Hall–Kier alpha value is -6.16. The zero-order valence-corrected chi connectivity index (χ0v) is 27.9. The molecule has 50 heavy (non-hydrogen) atoms. The molecule has 7 aromatic carbocycles. The summed E-state index contributed by atoms with van der Waals surface area (Å²) in [4.78, 5) is 10.5. The fraction of sp³-hybridized carbons (Fsp3) is 0.0213. The monoisotopic (exact) mass is 654 g/mol. The molecule has 0 bridgehead atoms.